The van der Waals surface area contributed by atoms with E-state index in [0.29, 0.717) is 56.4 Å². The maximum atomic E-state index is 13.6. The van der Waals surface area contributed by atoms with E-state index in [4.69, 9.17) is 14.5 Å². The summed E-state index contributed by atoms with van der Waals surface area (Å²) in [5, 5.41) is 13.6. The van der Waals surface area contributed by atoms with Gasteiger partial charge >= 0.3 is 0 Å². The lowest BCUT2D eigenvalue weighted by atomic mass is 9.76. The molecule has 226 valence electrons. The van der Waals surface area contributed by atoms with E-state index in [1.54, 1.807) is 11.3 Å². The van der Waals surface area contributed by atoms with Crippen LogP contribution in [0.3, 0.4) is 0 Å². The number of nitrogens with zero attached hydrogens (tertiary/aromatic N) is 3. The van der Waals surface area contributed by atoms with Crippen LogP contribution in [0, 0.1) is 17.2 Å². The minimum Gasteiger partial charge on any atom is -0.486 e. The lowest BCUT2D eigenvalue weighted by molar-refractivity contribution is -0.127. The summed E-state index contributed by atoms with van der Waals surface area (Å²) in [5.74, 6) is 1.92. The predicted octanol–water partition coefficient (Wildman–Crippen LogP) is 6.27. The number of ether oxygens (including phenoxy) is 2. The normalized spacial score (nSPS) is 24.4. The summed E-state index contributed by atoms with van der Waals surface area (Å²) in [4.78, 5) is 22.1. The second-order valence-corrected chi connectivity index (χ2v) is 15.4. The fraction of sp³-hybridized carbons (Fsp3) is 0.469. The van der Waals surface area contributed by atoms with Gasteiger partial charge < -0.3 is 19.7 Å². The fourth-order valence-electron chi connectivity index (χ4n) is 6.39. The molecular formula is C32H36N4O5S2. The van der Waals surface area contributed by atoms with E-state index in [1.807, 2.05) is 18.2 Å². The molecule has 0 unspecified atom stereocenters. The molecule has 9 nitrogen and oxygen atoms in total. The number of anilines is 1. The molecular weight excluding hydrogens is 585 g/mol. The molecule has 0 radical (unpaired) electrons. The Labute approximate surface area is 257 Å². The van der Waals surface area contributed by atoms with Crippen LogP contribution in [0.5, 0.6) is 11.5 Å². The minimum atomic E-state index is -2.46. The third-order valence-electron chi connectivity index (χ3n) is 9.09. The molecule has 1 aromatic heterocycles. The van der Waals surface area contributed by atoms with Crippen LogP contribution < -0.4 is 19.7 Å². The van der Waals surface area contributed by atoms with Gasteiger partial charge in [0, 0.05) is 36.2 Å². The van der Waals surface area contributed by atoms with Crippen LogP contribution in [-0.2, 0) is 4.79 Å². The number of fused-ring (bicyclic) bond motifs is 1. The van der Waals surface area contributed by atoms with Crippen LogP contribution in [0.1, 0.15) is 50.1 Å². The van der Waals surface area contributed by atoms with Crippen molar-refractivity contribution in [2.75, 3.05) is 42.7 Å². The van der Waals surface area contributed by atoms with Gasteiger partial charge in [0.15, 0.2) is 11.5 Å². The number of carbonyl (C=O) groups excluding carboxylic acids is 1. The smallest absolute Gasteiger partial charge is 0.225 e. The number of nitrogens with one attached hydrogen (secondary N) is 1. The molecule has 4 aliphatic rings. The Kier molecular flexibility index (Phi) is 7.50. The second-order valence-electron chi connectivity index (χ2n) is 12.0. The number of hydrogen-bond acceptors (Lipinski definition) is 9. The highest BCUT2D eigenvalue weighted by Crippen LogP contribution is 2.48. The van der Waals surface area contributed by atoms with Gasteiger partial charge in [-0.05, 0) is 61.6 Å². The monoisotopic (exact) mass is 620 g/mol. The zero-order valence-electron chi connectivity index (χ0n) is 24.0. The van der Waals surface area contributed by atoms with Gasteiger partial charge in [0.05, 0.1) is 28.1 Å². The van der Waals surface area contributed by atoms with Crippen molar-refractivity contribution in [1.82, 2.24) is 10.3 Å². The quantitative estimate of drug-likeness (QED) is 0.295. The zero-order chi connectivity index (χ0) is 29.6. The van der Waals surface area contributed by atoms with Crippen molar-refractivity contribution in [2.24, 2.45) is 5.92 Å². The summed E-state index contributed by atoms with van der Waals surface area (Å²) < 4.78 is 31.7. The molecule has 3 heterocycles. The van der Waals surface area contributed by atoms with E-state index in [9.17, 15) is 19.2 Å². The number of aromatic nitrogens is 1. The molecule has 3 fully saturated rings. The standard InChI is InChI=1S/C32H36N4O5S2/c33-20-32(11-12-32)35-30(37)25-4-2-1-3-24(25)28-29(21-5-8-23(9-6-21)36-13-17-43(38,39)18-14-36)42-31(34-28)22-7-10-26-27(19-22)41-16-15-40-26/h5-10,19,24-25,38-39H,1-4,11-18H2,(H,35,37)/t24-,25-/m1/s1. The predicted molar refractivity (Wildman–Crippen MR) is 169 cm³/mol. The third kappa shape index (κ3) is 5.81. The van der Waals surface area contributed by atoms with Gasteiger partial charge in [0.25, 0.3) is 0 Å². The van der Waals surface area contributed by atoms with Crippen molar-refractivity contribution in [1.29, 1.82) is 5.26 Å². The van der Waals surface area contributed by atoms with Crippen molar-refractivity contribution in [3.05, 3.63) is 48.2 Å². The summed E-state index contributed by atoms with van der Waals surface area (Å²) in [6.45, 7) is 2.28. The number of amides is 1. The maximum Gasteiger partial charge on any atom is 0.225 e. The number of thiazole rings is 1. The van der Waals surface area contributed by atoms with E-state index < -0.39 is 16.1 Å². The molecule has 43 heavy (non-hydrogen) atoms. The van der Waals surface area contributed by atoms with Gasteiger partial charge in [0.2, 0.25) is 5.91 Å². The minimum absolute atomic E-state index is 0.0324. The molecule has 11 heteroatoms. The Morgan fingerprint density at radius 3 is 2.44 bits per heavy atom. The zero-order valence-corrected chi connectivity index (χ0v) is 25.6. The van der Waals surface area contributed by atoms with Gasteiger partial charge in [-0.25, -0.2) is 4.98 Å². The van der Waals surface area contributed by atoms with Crippen molar-refractivity contribution >= 4 is 33.5 Å². The fourth-order valence-corrected chi connectivity index (χ4v) is 8.76. The van der Waals surface area contributed by atoms with E-state index in [1.165, 1.54) is 0 Å². The molecule has 2 aromatic carbocycles. The summed E-state index contributed by atoms with van der Waals surface area (Å²) in [7, 11) is -2.46. The highest BCUT2D eigenvalue weighted by Gasteiger charge is 2.47. The van der Waals surface area contributed by atoms with Crippen LogP contribution in [-0.4, -0.2) is 63.3 Å². The number of benzene rings is 2. The number of rotatable bonds is 6. The van der Waals surface area contributed by atoms with Gasteiger partial charge in [-0.15, -0.1) is 11.3 Å². The molecule has 3 N–H and O–H groups in total. The highest BCUT2D eigenvalue weighted by atomic mass is 32.3. The number of hydrogen-bond donors (Lipinski definition) is 3. The Bertz CT molecular complexity index is 1550. The Morgan fingerprint density at radius 1 is 1.02 bits per heavy atom. The maximum absolute atomic E-state index is 13.6. The topological polar surface area (TPSA) is 128 Å². The molecule has 0 spiro atoms. The lowest BCUT2D eigenvalue weighted by Crippen LogP contribution is -2.42. The first kappa shape index (κ1) is 28.5. The van der Waals surface area contributed by atoms with Crippen molar-refractivity contribution in [3.63, 3.8) is 0 Å². The molecule has 0 bridgehead atoms. The summed E-state index contributed by atoms with van der Waals surface area (Å²) in [5.41, 5.74) is 3.29. The van der Waals surface area contributed by atoms with E-state index >= 15 is 0 Å². The van der Waals surface area contributed by atoms with Gasteiger partial charge in [-0.1, -0.05) is 25.0 Å². The SMILES string of the molecule is N#CC1(NC(=O)[C@@H]2CCCC[C@H]2c2nc(-c3ccc4c(c3)OCCO4)sc2-c2ccc(N3CCS(O)(O)CC3)cc2)CC1. The van der Waals surface area contributed by atoms with Crippen molar-refractivity contribution < 1.29 is 23.4 Å². The van der Waals surface area contributed by atoms with Crippen LogP contribution >= 0.6 is 21.9 Å². The third-order valence-corrected chi connectivity index (χ3v) is 11.9. The molecule has 7 rings (SSSR count). The first-order valence-corrected chi connectivity index (χ1v) is 17.8. The summed E-state index contributed by atoms with van der Waals surface area (Å²) >= 11 is 1.63. The Balaban J connectivity index is 1.24. The largest absolute Gasteiger partial charge is 0.486 e. The van der Waals surface area contributed by atoms with Crippen LogP contribution in [0.15, 0.2) is 42.5 Å². The number of nitriles is 1. The van der Waals surface area contributed by atoms with Crippen LogP contribution in [0.25, 0.3) is 21.0 Å². The molecule has 1 amide bonds. The lowest BCUT2D eigenvalue weighted by Gasteiger charge is -2.41. The van der Waals surface area contributed by atoms with Gasteiger partial charge in [-0.2, -0.15) is 15.9 Å². The first-order chi connectivity index (χ1) is 20.8. The summed E-state index contributed by atoms with van der Waals surface area (Å²) in [6, 6.07) is 16.6. The average molecular weight is 621 g/mol. The average Bonchev–Trinajstić information content (AvgIpc) is 3.67. The second kappa shape index (κ2) is 11.3. The molecule has 2 atom stereocenters. The summed E-state index contributed by atoms with van der Waals surface area (Å²) in [6.07, 6.45) is 5.09. The molecule has 1 saturated heterocycles. The Morgan fingerprint density at radius 2 is 1.72 bits per heavy atom. The van der Waals surface area contributed by atoms with Crippen LogP contribution in [0.4, 0.5) is 5.69 Å². The Hall–Kier alpha value is -3.30. The highest BCUT2D eigenvalue weighted by molar-refractivity contribution is 8.24. The van der Waals surface area contributed by atoms with Crippen molar-refractivity contribution in [2.45, 2.75) is 50.0 Å². The molecule has 3 aromatic rings. The van der Waals surface area contributed by atoms with Gasteiger partial charge in [-0.3, -0.25) is 13.9 Å². The van der Waals surface area contributed by atoms with Crippen molar-refractivity contribution in [3.8, 4) is 38.6 Å². The molecule has 2 saturated carbocycles. The molecule has 2 aliphatic heterocycles. The van der Waals surface area contributed by atoms with Gasteiger partial charge in [0.1, 0.15) is 23.8 Å². The van der Waals surface area contributed by atoms with E-state index in [2.05, 4.69) is 40.6 Å². The first-order valence-electron chi connectivity index (χ1n) is 15.1. The molecule has 2 aliphatic carbocycles. The van der Waals surface area contributed by atoms with Crippen LogP contribution in [0.2, 0.25) is 0 Å². The number of carbonyl (C=O) groups is 1. The van der Waals surface area contributed by atoms with E-state index in [0.717, 1.165) is 63.8 Å². The van der Waals surface area contributed by atoms with E-state index in [-0.39, 0.29) is 17.7 Å².